The van der Waals surface area contributed by atoms with Crippen molar-refractivity contribution in [2.24, 2.45) is 0 Å². The smallest absolute Gasteiger partial charge is 0.0959 e. The molecule has 22 heavy (non-hydrogen) atoms. The van der Waals surface area contributed by atoms with Crippen LogP contribution in [0, 0.1) is 0 Å². The summed E-state index contributed by atoms with van der Waals surface area (Å²) in [7, 11) is 0. The topological polar surface area (TPSA) is 0 Å². The van der Waals surface area contributed by atoms with Crippen LogP contribution in [0.5, 0.6) is 0 Å². The molecule has 2 aromatic carbocycles. The molecule has 0 N–H and O–H groups in total. The van der Waals surface area contributed by atoms with Crippen LogP contribution in [0.3, 0.4) is 0 Å². The maximum Gasteiger partial charge on any atom is 0.147 e. The molecular formula is C20H16Cl2. The maximum absolute atomic E-state index is 6.80. The van der Waals surface area contributed by atoms with E-state index in [1.807, 2.05) is 6.07 Å². The Morgan fingerprint density at radius 3 is 2.23 bits per heavy atom. The molecule has 2 aliphatic rings. The Bertz CT molecular complexity index is 797. The minimum atomic E-state index is -0.894. The number of hydrogen-bond acceptors (Lipinski definition) is 0. The molecule has 2 aromatic rings. The molecule has 0 nitrogen and oxygen atoms in total. The van der Waals surface area contributed by atoms with Gasteiger partial charge in [0.1, 0.15) is 4.33 Å². The average Bonchev–Trinajstić information content (AvgIpc) is 3.15. The Balaban J connectivity index is 1.71. The zero-order valence-corrected chi connectivity index (χ0v) is 13.7. The number of hydrogen-bond donors (Lipinski definition) is 0. The third kappa shape index (κ3) is 2.31. The molecule has 2 aliphatic carbocycles. The Labute approximate surface area is 141 Å². The minimum absolute atomic E-state index is 0.636. The van der Waals surface area contributed by atoms with Crippen LogP contribution in [0.4, 0.5) is 0 Å². The first-order valence-electron chi connectivity index (χ1n) is 7.59. The third-order valence-electron chi connectivity index (χ3n) is 4.57. The standard InChI is InChI=1S/C20H16Cl2/c21-20(22,19-12-4-8-15-7-3-11-18(15)19)13-16-9-1-5-14-6-2-10-17(14)16/h1-9,12H,10-11,13H2. The van der Waals surface area contributed by atoms with Crippen LogP contribution in [0.2, 0.25) is 0 Å². The fraction of sp³-hybridized carbons (Fsp3) is 0.200. The summed E-state index contributed by atoms with van der Waals surface area (Å²) in [6.07, 6.45) is 11.2. The summed E-state index contributed by atoms with van der Waals surface area (Å²) >= 11 is 13.6. The van der Waals surface area contributed by atoms with E-state index in [9.17, 15) is 0 Å². The van der Waals surface area contributed by atoms with Gasteiger partial charge in [0.15, 0.2) is 0 Å². The van der Waals surface area contributed by atoms with Gasteiger partial charge in [0, 0.05) is 6.42 Å². The molecule has 0 bridgehead atoms. The monoisotopic (exact) mass is 326 g/mol. The van der Waals surface area contributed by atoms with E-state index in [1.54, 1.807) is 0 Å². The highest BCUT2D eigenvalue weighted by molar-refractivity contribution is 6.48. The van der Waals surface area contributed by atoms with E-state index in [0.717, 1.165) is 18.4 Å². The number of benzene rings is 2. The molecule has 0 radical (unpaired) electrons. The van der Waals surface area contributed by atoms with Gasteiger partial charge in [-0.05, 0) is 46.2 Å². The molecule has 0 aliphatic heterocycles. The second-order valence-electron chi connectivity index (χ2n) is 5.95. The molecule has 110 valence electrons. The Kier molecular flexibility index (Phi) is 3.40. The summed E-state index contributed by atoms with van der Waals surface area (Å²) in [6, 6.07) is 12.6. The van der Waals surface area contributed by atoms with Crippen molar-refractivity contribution in [3.05, 3.63) is 81.9 Å². The predicted molar refractivity (Wildman–Crippen MR) is 95.4 cm³/mol. The highest BCUT2D eigenvalue weighted by Crippen LogP contribution is 2.42. The zero-order chi connectivity index (χ0) is 15.2. The van der Waals surface area contributed by atoms with E-state index >= 15 is 0 Å². The molecule has 0 saturated carbocycles. The van der Waals surface area contributed by atoms with Gasteiger partial charge in [0.05, 0.1) is 0 Å². The van der Waals surface area contributed by atoms with Crippen molar-refractivity contribution in [2.45, 2.75) is 23.6 Å². The molecule has 0 unspecified atom stereocenters. The second-order valence-corrected chi connectivity index (χ2v) is 7.44. The lowest BCUT2D eigenvalue weighted by Gasteiger charge is -2.24. The van der Waals surface area contributed by atoms with Gasteiger partial charge < -0.3 is 0 Å². The van der Waals surface area contributed by atoms with Gasteiger partial charge in [0.2, 0.25) is 0 Å². The van der Waals surface area contributed by atoms with Gasteiger partial charge in [0.25, 0.3) is 0 Å². The summed E-state index contributed by atoms with van der Waals surface area (Å²) in [6.45, 7) is 0. The van der Waals surface area contributed by atoms with E-state index < -0.39 is 4.33 Å². The van der Waals surface area contributed by atoms with Crippen LogP contribution < -0.4 is 0 Å². The van der Waals surface area contributed by atoms with Crippen molar-refractivity contribution in [2.75, 3.05) is 0 Å². The molecule has 0 atom stereocenters. The predicted octanol–water partition coefficient (Wildman–Crippen LogP) is 5.70. The first-order chi connectivity index (χ1) is 10.6. The van der Waals surface area contributed by atoms with E-state index in [4.69, 9.17) is 23.2 Å². The van der Waals surface area contributed by atoms with E-state index in [-0.39, 0.29) is 0 Å². The normalized spacial score (nSPS) is 15.2. The van der Waals surface area contributed by atoms with E-state index in [0.29, 0.717) is 6.42 Å². The first-order valence-corrected chi connectivity index (χ1v) is 8.35. The van der Waals surface area contributed by atoms with E-state index in [1.165, 1.54) is 27.8 Å². The molecule has 0 heterocycles. The lowest BCUT2D eigenvalue weighted by Crippen LogP contribution is -2.17. The summed E-state index contributed by atoms with van der Waals surface area (Å²) < 4.78 is -0.894. The summed E-state index contributed by atoms with van der Waals surface area (Å²) in [4.78, 5) is 0. The largest absolute Gasteiger partial charge is 0.147 e. The van der Waals surface area contributed by atoms with E-state index in [2.05, 4.69) is 54.6 Å². The Hall–Kier alpha value is -1.50. The third-order valence-corrected chi connectivity index (χ3v) is 5.24. The van der Waals surface area contributed by atoms with Crippen molar-refractivity contribution in [3.8, 4) is 0 Å². The number of halogens is 2. The van der Waals surface area contributed by atoms with Gasteiger partial charge in [-0.1, -0.05) is 83.9 Å². The van der Waals surface area contributed by atoms with Gasteiger partial charge >= 0.3 is 0 Å². The van der Waals surface area contributed by atoms with Gasteiger partial charge in [-0.15, -0.1) is 0 Å². The fourth-order valence-corrected chi connectivity index (χ4v) is 4.14. The lowest BCUT2D eigenvalue weighted by atomic mass is 9.93. The van der Waals surface area contributed by atoms with Crippen LogP contribution in [-0.2, 0) is 23.6 Å². The van der Waals surface area contributed by atoms with Gasteiger partial charge in [-0.2, -0.15) is 0 Å². The lowest BCUT2D eigenvalue weighted by molar-refractivity contribution is 0.817. The summed E-state index contributed by atoms with van der Waals surface area (Å²) in [5.41, 5.74) is 7.44. The summed E-state index contributed by atoms with van der Waals surface area (Å²) in [5.74, 6) is 0. The summed E-state index contributed by atoms with van der Waals surface area (Å²) in [5, 5.41) is 0. The Morgan fingerprint density at radius 2 is 1.45 bits per heavy atom. The van der Waals surface area contributed by atoms with Crippen molar-refractivity contribution < 1.29 is 0 Å². The number of rotatable bonds is 3. The van der Waals surface area contributed by atoms with Crippen molar-refractivity contribution in [1.82, 2.24) is 0 Å². The average molecular weight is 327 g/mol. The molecule has 4 rings (SSSR count). The van der Waals surface area contributed by atoms with Crippen molar-refractivity contribution >= 4 is 35.4 Å². The maximum atomic E-state index is 6.80. The molecule has 0 aromatic heterocycles. The second kappa shape index (κ2) is 5.30. The van der Waals surface area contributed by atoms with Crippen LogP contribution in [0.25, 0.3) is 12.2 Å². The fourth-order valence-electron chi connectivity index (χ4n) is 3.50. The van der Waals surface area contributed by atoms with Crippen LogP contribution >= 0.6 is 23.2 Å². The van der Waals surface area contributed by atoms with Crippen LogP contribution in [0.15, 0.2) is 48.6 Å². The quantitative estimate of drug-likeness (QED) is 0.635. The highest BCUT2D eigenvalue weighted by Gasteiger charge is 2.31. The molecule has 2 heteroatoms. The van der Waals surface area contributed by atoms with Crippen LogP contribution in [0.1, 0.15) is 33.4 Å². The van der Waals surface area contributed by atoms with Crippen molar-refractivity contribution in [3.63, 3.8) is 0 Å². The van der Waals surface area contributed by atoms with Gasteiger partial charge in [-0.25, -0.2) is 0 Å². The highest BCUT2D eigenvalue weighted by atomic mass is 35.5. The number of fused-ring (bicyclic) bond motifs is 2. The molecular weight excluding hydrogens is 311 g/mol. The SMILES string of the molecule is ClC(Cl)(Cc1cccc2c1CC=C2)c1cccc2c1CC=C2. The van der Waals surface area contributed by atoms with Gasteiger partial charge in [-0.3, -0.25) is 0 Å². The zero-order valence-electron chi connectivity index (χ0n) is 12.2. The molecule has 0 spiro atoms. The minimum Gasteiger partial charge on any atom is -0.0959 e. The van der Waals surface area contributed by atoms with Crippen LogP contribution in [-0.4, -0.2) is 0 Å². The molecule has 0 fully saturated rings. The number of allylic oxidation sites excluding steroid dienone is 2. The number of alkyl halides is 2. The molecule has 0 amide bonds. The Morgan fingerprint density at radius 1 is 0.818 bits per heavy atom. The molecule has 0 saturated heterocycles. The first kappa shape index (κ1) is 14.1. The van der Waals surface area contributed by atoms with Crippen molar-refractivity contribution in [1.29, 1.82) is 0 Å².